The molecule has 0 spiro atoms. The Balaban J connectivity index is 1.45. The van der Waals surface area contributed by atoms with Crippen molar-refractivity contribution in [1.29, 1.82) is 5.41 Å². The third-order valence-corrected chi connectivity index (χ3v) is 4.84. The molecule has 0 aliphatic heterocycles. The first-order chi connectivity index (χ1) is 14.6. The molecule has 1 atom stereocenters. The molecule has 6 heteroatoms. The topological polar surface area (TPSA) is 73.9 Å². The first-order valence-corrected chi connectivity index (χ1v) is 9.59. The van der Waals surface area contributed by atoms with Crippen LogP contribution in [0, 0.1) is 11.2 Å². The fourth-order valence-corrected chi connectivity index (χ4v) is 3.20. The van der Waals surface area contributed by atoms with E-state index in [1.54, 1.807) is 12.1 Å². The molecule has 4 rings (SSSR count). The number of hydrogen-bond donors (Lipinski definition) is 3. The molecule has 150 valence electrons. The summed E-state index contributed by atoms with van der Waals surface area (Å²) in [6, 6.07) is 25.8. The quantitative estimate of drug-likeness (QED) is 0.280. The Morgan fingerprint density at radius 2 is 1.63 bits per heavy atom. The Morgan fingerprint density at radius 3 is 2.33 bits per heavy atom. The summed E-state index contributed by atoms with van der Waals surface area (Å²) in [6.45, 7) is 1.94. The Bertz CT molecular complexity index is 1140. The third-order valence-electron chi connectivity index (χ3n) is 4.84. The van der Waals surface area contributed by atoms with Gasteiger partial charge >= 0.3 is 0 Å². The van der Waals surface area contributed by atoms with Crippen molar-refractivity contribution in [3.63, 3.8) is 0 Å². The molecule has 0 amide bonds. The first-order valence-electron chi connectivity index (χ1n) is 9.59. The van der Waals surface area contributed by atoms with Crippen molar-refractivity contribution in [3.05, 3.63) is 102 Å². The molecule has 3 N–H and O–H groups in total. The fraction of sp³-hybridized carbons (Fsp3) is 0.0833. The van der Waals surface area contributed by atoms with Crippen LogP contribution in [0.1, 0.15) is 24.1 Å². The highest BCUT2D eigenvalue weighted by Gasteiger charge is 2.17. The number of hydrogen-bond acceptors (Lipinski definition) is 3. The van der Waals surface area contributed by atoms with Crippen LogP contribution in [0.3, 0.4) is 0 Å². The van der Waals surface area contributed by atoms with Gasteiger partial charge in [-0.1, -0.05) is 72.7 Å². The molecule has 5 nitrogen and oxygen atoms in total. The zero-order chi connectivity index (χ0) is 20.9. The monoisotopic (exact) mass is 400 g/mol. The summed E-state index contributed by atoms with van der Waals surface area (Å²) in [5.41, 5.74) is 3.64. The van der Waals surface area contributed by atoms with E-state index in [0.717, 1.165) is 16.8 Å². The van der Waals surface area contributed by atoms with Crippen molar-refractivity contribution in [2.75, 3.05) is 10.6 Å². The lowest BCUT2D eigenvalue weighted by Crippen LogP contribution is -2.19. The van der Waals surface area contributed by atoms with E-state index in [2.05, 4.69) is 15.8 Å². The molecule has 3 aromatic carbocycles. The number of para-hydroxylation sites is 1. The molecule has 0 fully saturated rings. The van der Waals surface area contributed by atoms with Gasteiger partial charge in [0.2, 0.25) is 5.88 Å². The van der Waals surface area contributed by atoms with Crippen LogP contribution in [0.5, 0.6) is 0 Å². The van der Waals surface area contributed by atoms with Gasteiger partial charge in [-0.2, -0.15) is 0 Å². The second kappa shape index (κ2) is 8.61. The normalized spacial score (nSPS) is 11.7. The van der Waals surface area contributed by atoms with Gasteiger partial charge in [0.25, 0.3) is 0 Å². The molecule has 1 heterocycles. The molecular formula is C24H21FN4O. The number of halogens is 1. The van der Waals surface area contributed by atoms with E-state index < -0.39 is 0 Å². The average molecular weight is 400 g/mol. The van der Waals surface area contributed by atoms with Gasteiger partial charge in [-0.25, -0.2) is 4.39 Å². The van der Waals surface area contributed by atoms with Crippen LogP contribution in [0.4, 0.5) is 16.0 Å². The van der Waals surface area contributed by atoms with Crippen molar-refractivity contribution in [2.24, 2.45) is 0 Å². The van der Waals surface area contributed by atoms with Gasteiger partial charge in [-0.3, -0.25) is 10.7 Å². The van der Waals surface area contributed by atoms with Crippen molar-refractivity contribution < 1.29 is 8.91 Å². The van der Waals surface area contributed by atoms with Crippen LogP contribution in [0.25, 0.3) is 11.1 Å². The van der Waals surface area contributed by atoms with Crippen LogP contribution in [-0.2, 0) is 0 Å². The van der Waals surface area contributed by atoms with Gasteiger partial charge in [-0.05, 0) is 29.3 Å². The minimum absolute atomic E-state index is 0.0646. The van der Waals surface area contributed by atoms with E-state index in [1.807, 2.05) is 73.7 Å². The van der Waals surface area contributed by atoms with Gasteiger partial charge < -0.3 is 9.84 Å². The van der Waals surface area contributed by atoms with Crippen molar-refractivity contribution in [2.45, 2.75) is 12.8 Å². The van der Waals surface area contributed by atoms with Gasteiger partial charge in [-0.15, -0.1) is 0 Å². The number of benzene rings is 3. The lowest BCUT2D eigenvalue weighted by atomic mass is 9.95. The highest BCUT2D eigenvalue weighted by molar-refractivity contribution is 6.00. The molecular weight excluding hydrogens is 379 g/mol. The lowest BCUT2D eigenvalue weighted by molar-refractivity contribution is 0.424. The molecule has 0 aliphatic carbocycles. The molecule has 30 heavy (non-hydrogen) atoms. The zero-order valence-electron chi connectivity index (χ0n) is 16.4. The van der Waals surface area contributed by atoms with E-state index >= 15 is 0 Å². The molecule has 0 bridgehead atoms. The summed E-state index contributed by atoms with van der Waals surface area (Å²) in [5.74, 6) is -0.0393. The van der Waals surface area contributed by atoms with E-state index in [1.165, 1.54) is 6.07 Å². The maximum Gasteiger partial charge on any atom is 0.231 e. The van der Waals surface area contributed by atoms with Crippen molar-refractivity contribution in [3.8, 4) is 11.1 Å². The molecule has 1 aromatic heterocycles. The summed E-state index contributed by atoms with van der Waals surface area (Å²) in [5, 5.41) is 17.8. The van der Waals surface area contributed by atoms with Gasteiger partial charge in [0.1, 0.15) is 5.82 Å². The molecule has 4 aromatic rings. The van der Waals surface area contributed by atoms with Crippen molar-refractivity contribution in [1.82, 2.24) is 5.16 Å². The second-order valence-electron chi connectivity index (χ2n) is 6.93. The number of nitrogens with zero attached hydrogens (tertiary/aromatic N) is 1. The maximum absolute atomic E-state index is 14.7. The van der Waals surface area contributed by atoms with E-state index in [9.17, 15) is 4.39 Å². The number of aromatic nitrogens is 1. The maximum atomic E-state index is 14.7. The number of nitrogens with one attached hydrogen (secondary N) is 3. The summed E-state index contributed by atoms with van der Waals surface area (Å²) >= 11 is 0. The number of anilines is 2. The third kappa shape index (κ3) is 4.38. The molecule has 0 saturated carbocycles. The summed E-state index contributed by atoms with van der Waals surface area (Å²) in [4.78, 5) is 0. The summed E-state index contributed by atoms with van der Waals surface area (Å²) in [7, 11) is 0. The van der Waals surface area contributed by atoms with Gasteiger partial charge in [0.15, 0.2) is 5.96 Å². The van der Waals surface area contributed by atoms with Crippen LogP contribution >= 0.6 is 0 Å². The van der Waals surface area contributed by atoms with E-state index in [4.69, 9.17) is 9.93 Å². The van der Waals surface area contributed by atoms with Crippen LogP contribution in [0.15, 0.2) is 89.5 Å². The largest absolute Gasteiger partial charge is 0.338 e. The van der Waals surface area contributed by atoms with Crippen LogP contribution in [0.2, 0.25) is 0 Å². The van der Waals surface area contributed by atoms with Gasteiger partial charge in [0, 0.05) is 23.2 Å². The average Bonchev–Trinajstić information content (AvgIpc) is 3.22. The SMILES string of the molecule is CC(c1ccc(-c2ccccc2)c(F)c1)c1cc(NC(=N)Nc2ccccc2)on1. The van der Waals surface area contributed by atoms with Crippen LogP contribution < -0.4 is 10.6 Å². The predicted molar refractivity (Wildman–Crippen MR) is 117 cm³/mol. The smallest absolute Gasteiger partial charge is 0.231 e. The highest BCUT2D eigenvalue weighted by Crippen LogP contribution is 2.30. The number of rotatable bonds is 5. The fourth-order valence-electron chi connectivity index (χ4n) is 3.20. The predicted octanol–water partition coefficient (Wildman–Crippen LogP) is 6.09. The lowest BCUT2D eigenvalue weighted by Gasteiger charge is -2.11. The second-order valence-corrected chi connectivity index (χ2v) is 6.93. The van der Waals surface area contributed by atoms with Gasteiger partial charge in [0.05, 0.1) is 5.69 Å². The summed E-state index contributed by atoms with van der Waals surface area (Å²) < 4.78 is 20.0. The Kier molecular flexibility index (Phi) is 5.57. The Labute approximate surface area is 174 Å². The number of guanidine groups is 1. The summed E-state index contributed by atoms with van der Waals surface area (Å²) in [6.07, 6.45) is 0. The molecule has 0 radical (unpaired) electrons. The molecule has 1 unspecified atom stereocenters. The van der Waals surface area contributed by atoms with Crippen LogP contribution in [-0.4, -0.2) is 11.1 Å². The molecule has 0 aliphatic rings. The standard InChI is InChI=1S/C24H21FN4O/c1-16(18-12-13-20(21(25)14-18)17-8-4-2-5-9-17)22-15-23(30-29-22)28-24(26)27-19-10-6-3-7-11-19/h2-16H,1H3,(H3,26,27,28). The minimum Gasteiger partial charge on any atom is -0.338 e. The minimum atomic E-state index is -0.277. The van der Waals surface area contributed by atoms with E-state index in [-0.39, 0.29) is 17.7 Å². The zero-order valence-corrected chi connectivity index (χ0v) is 16.4. The van der Waals surface area contributed by atoms with Crippen molar-refractivity contribution >= 4 is 17.5 Å². The van der Waals surface area contributed by atoms with E-state index in [0.29, 0.717) is 17.1 Å². The first kappa shape index (κ1) is 19.4. The highest BCUT2D eigenvalue weighted by atomic mass is 19.1. The molecule has 0 saturated heterocycles. The Morgan fingerprint density at radius 1 is 0.933 bits per heavy atom. The Hall–Kier alpha value is -3.93.